The first-order valence-corrected chi connectivity index (χ1v) is 7.15. The van der Waals surface area contributed by atoms with Gasteiger partial charge in [-0.15, -0.1) is 11.3 Å². The summed E-state index contributed by atoms with van der Waals surface area (Å²) in [6, 6.07) is 4.23. The normalized spacial score (nSPS) is 15.0. The summed E-state index contributed by atoms with van der Waals surface area (Å²) in [6.45, 7) is 0. The largest absolute Gasteiger partial charge is 0.280 e. The highest BCUT2D eigenvalue weighted by atomic mass is 32.1. The highest BCUT2D eigenvalue weighted by Crippen LogP contribution is 2.40. The Hall–Kier alpha value is -1.96. The molecule has 2 heterocycles. The van der Waals surface area contributed by atoms with Gasteiger partial charge >= 0.3 is 0 Å². The molecule has 0 unspecified atom stereocenters. The van der Waals surface area contributed by atoms with Crippen molar-refractivity contribution < 1.29 is 13.2 Å². The Labute approximate surface area is 122 Å². The van der Waals surface area contributed by atoms with E-state index >= 15 is 0 Å². The average molecular weight is 312 g/mol. The predicted octanol–water partition coefficient (Wildman–Crippen LogP) is 3.94. The van der Waals surface area contributed by atoms with E-state index in [1.54, 1.807) is 6.07 Å². The van der Waals surface area contributed by atoms with Crippen LogP contribution in [0, 0.1) is 5.13 Å². The quantitative estimate of drug-likeness (QED) is 0.672. The number of nitrogens with one attached hydrogen (secondary N) is 1. The van der Waals surface area contributed by atoms with Crippen LogP contribution in [0.4, 0.5) is 19.1 Å². The molecule has 8 heteroatoms. The number of halogens is 3. The molecule has 1 aliphatic rings. The van der Waals surface area contributed by atoms with Gasteiger partial charge in [-0.2, -0.15) is 9.49 Å². The zero-order valence-corrected chi connectivity index (χ0v) is 11.6. The van der Waals surface area contributed by atoms with Gasteiger partial charge < -0.3 is 0 Å². The summed E-state index contributed by atoms with van der Waals surface area (Å²) >= 11 is 0.932. The highest BCUT2D eigenvalue weighted by Gasteiger charge is 2.27. The second kappa shape index (κ2) is 5.80. The molecule has 21 heavy (non-hydrogen) atoms. The number of anilines is 1. The molecule has 3 rings (SSSR count). The van der Waals surface area contributed by atoms with Crippen LogP contribution >= 0.6 is 11.3 Å². The maximum Gasteiger partial charge on any atom is 0.280 e. The second-order valence-corrected chi connectivity index (χ2v) is 5.69. The van der Waals surface area contributed by atoms with Crippen molar-refractivity contribution in [2.45, 2.75) is 25.2 Å². The van der Waals surface area contributed by atoms with E-state index < -0.39 is 6.43 Å². The van der Waals surface area contributed by atoms with Gasteiger partial charge in [0.1, 0.15) is 5.69 Å². The Morgan fingerprint density at radius 3 is 2.76 bits per heavy atom. The van der Waals surface area contributed by atoms with Crippen molar-refractivity contribution in [1.29, 1.82) is 0 Å². The SMILES string of the molecule is Fc1ccc(/C=N\Nc2nc(C(F)F)cc(C3CC3)n2)s1. The Morgan fingerprint density at radius 1 is 1.33 bits per heavy atom. The maximum absolute atomic E-state index is 12.8. The van der Waals surface area contributed by atoms with Crippen LogP contribution in [0.2, 0.25) is 0 Å². The third-order valence-electron chi connectivity index (χ3n) is 2.94. The molecule has 4 nitrogen and oxygen atoms in total. The second-order valence-electron chi connectivity index (χ2n) is 4.63. The van der Waals surface area contributed by atoms with E-state index in [1.165, 1.54) is 18.3 Å². The summed E-state index contributed by atoms with van der Waals surface area (Å²) in [5.74, 6) is 0.268. The summed E-state index contributed by atoms with van der Waals surface area (Å²) in [6.07, 6.45) is 0.651. The van der Waals surface area contributed by atoms with Crippen LogP contribution in [0.1, 0.15) is 41.4 Å². The standard InChI is InChI=1S/C13H11F3N4S/c14-11-4-3-8(21-11)6-17-20-13-18-9(7-1-2-7)5-10(19-13)12(15)16/h3-7,12H,1-2H2,(H,18,19,20)/b17-6-. The molecule has 0 spiro atoms. The lowest BCUT2D eigenvalue weighted by Crippen LogP contribution is -2.03. The minimum Gasteiger partial charge on any atom is -0.245 e. The molecule has 0 bridgehead atoms. The van der Waals surface area contributed by atoms with E-state index in [0.29, 0.717) is 10.6 Å². The summed E-state index contributed by atoms with van der Waals surface area (Å²) < 4.78 is 38.4. The van der Waals surface area contributed by atoms with Gasteiger partial charge in [-0.3, -0.25) is 0 Å². The van der Waals surface area contributed by atoms with Crippen molar-refractivity contribution in [3.05, 3.63) is 39.6 Å². The van der Waals surface area contributed by atoms with Crippen molar-refractivity contribution in [3.8, 4) is 0 Å². The average Bonchev–Trinajstić information content (AvgIpc) is 3.22. The van der Waals surface area contributed by atoms with Gasteiger partial charge in [-0.05, 0) is 31.0 Å². The number of hydrazone groups is 1. The van der Waals surface area contributed by atoms with Crippen LogP contribution in [-0.4, -0.2) is 16.2 Å². The number of nitrogens with zero attached hydrogens (tertiary/aromatic N) is 3. The zero-order chi connectivity index (χ0) is 14.8. The molecule has 0 saturated heterocycles. The van der Waals surface area contributed by atoms with Crippen molar-refractivity contribution in [2.75, 3.05) is 5.43 Å². The smallest absolute Gasteiger partial charge is 0.245 e. The fourth-order valence-electron chi connectivity index (χ4n) is 1.79. The topological polar surface area (TPSA) is 50.2 Å². The van der Waals surface area contributed by atoms with Crippen molar-refractivity contribution in [3.63, 3.8) is 0 Å². The van der Waals surface area contributed by atoms with Crippen LogP contribution in [0.15, 0.2) is 23.3 Å². The molecule has 2 aromatic heterocycles. The molecule has 0 atom stereocenters. The summed E-state index contributed by atoms with van der Waals surface area (Å²) in [5, 5.41) is 3.53. The van der Waals surface area contributed by atoms with Crippen LogP contribution in [0.3, 0.4) is 0 Å². The Balaban J connectivity index is 1.76. The molecule has 1 saturated carbocycles. The van der Waals surface area contributed by atoms with Crippen molar-refractivity contribution in [2.24, 2.45) is 5.10 Å². The van der Waals surface area contributed by atoms with Crippen LogP contribution < -0.4 is 5.43 Å². The monoisotopic (exact) mass is 312 g/mol. The molecule has 0 radical (unpaired) electrons. The Kier molecular flexibility index (Phi) is 3.87. The van der Waals surface area contributed by atoms with Gasteiger partial charge in [-0.25, -0.2) is 24.2 Å². The van der Waals surface area contributed by atoms with E-state index in [2.05, 4.69) is 20.5 Å². The lowest BCUT2D eigenvalue weighted by Gasteiger charge is -2.06. The number of aromatic nitrogens is 2. The van der Waals surface area contributed by atoms with Gasteiger partial charge in [0.2, 0.25) is 5.95 Å². The third-order valence-corrected chi connectivity index (χ3v) is 3.74. The molecule has 1 N–H and O–H groups in total. The number of hydrogen-bond donors (Lipinski definition) is 1. The fourth-order valence-corrected chi connectivity index (χ4v) is 2.39. The van der Waals surface area contributed by atoms with Gasteiger partial charge in [0, 0.05) is 11.6 Å². The van der Waals surface area contributed by atoms with E-state index in [9.17, 15) is 13.2 Å². The number of hydrogen-bond acceptors (Lipinski definition) is 5. The van der Waals surface area contributed by atoms with E-state index in [0.717, 1.165) is 24.2 Å². The maximum atomic E-state index is 12.8. The molecule has 110 valence electrons. The summed E-state index contributed by atoms with van der Waals surface area (Å²) in [4.78, 5) is 8.50. The van der Waals surface area contributed by atoms with Gasteiger partial charge in [-0.1, -0.05) is 0 Å². The van der Waals surface area contributed by atoms with Crippen LogP contribution in [-0.2, 0) is 0 Å². The van der Waals surface area contributed by atoms with E-state index in [-0.39, 0.29) is 22.7 Å². The number of thiophene rings is 1. The predicted molar refractivity (Wildman–Crippen MR) is 74.5 cm³/mol. The number of alkyl halides is 2. The van der Waals surface area contributed by atoms with E-state index in [4.69, 9.17) is 0 Å². The first-order chi connectivity index (χ1) is 10.1. The van der Waals surface area contributed by atoms with Crippen LogP contribution in [0.5, 0.6) is 0 Å². The highest BCUT2D eigenvalue weighted by molar-refractivity contribution is 7.12. The Bertz CT molecular complexity index is 647. The van der Waals surface area contributed by atoms with Gasteiger partial charge in [0.25, 0.3) is 6.43 Å². The third kappa shape index (κ3) is 3.57. The first kappa shape index (κ1) is 14.0. The lowest BCUT2D eigenvalue weighted by molar-refractivity contribution is 0.146. The zero-order valence-electron chi connectivity index (χ0n) is 10.8. The van der Waals surface area contributed by atoms with Gasteiger partial charge in [0.05, 0.1) is 11.1 Å². The fraction of sp³-hybridized carbons (Fsp3) is 0.308. The first-order valence-electron chi connectivity index (χ1n) is 6.33. The lowest BCUT2D eigenvalue weighted by atomic mass is 10.2. The number of rotatable bonds is 5. The molecular weight excluding hydrogens is 301 g/mol. The van der Waals surface area contributed by atoms with Crippen molar-refractivity contribution in [1.82, 2.24) is 9.97 Å². The minimum absolute atomic E-state index is 0.0305. The molecule has 1 fully saturated rings. The summed E-state index contributed by atoms with van der Waals surface area (Å²) in [7, 11) is 0. The Morgan fingerprint density at radius 2 is 2.14 bits per heavy atom. The summed E-state index contributed by atoms with van der Waals surface area (Å²) in [5.41, 5.74) is 2.82. The molecule has 0 amide bonds. The molecule has 1 aliphatic carbocycles. The van der Waals surface area contributed by atoms with Gasteiger partial charge in [0.15, 0.2) is 5.13 Å². The minimum atomic E-state index is -2.65. The van der Waals surface area contributed by atoms with Crippen molar-refractivity contribution >= 4 is 23.5 Å². The van der Waals surface area contributed by atoms with Crippen LogP contribution in [0.25, 0.3) is 0 Å². The van der Waals surface area contributed by atoms with E-state index in [1.807, 2.05) is 0 Å². The molecule has 2 aromatic rings. The molecule has 0 aromatic carbocycles. The molecule has 0 aliphatic heterocycles. The molecular formula is C13H11F3N4S.